The Morgan fingerprint density at radius 3 is 2.56 bits per heavy atom. The Kier molecular flexibility index (Phi) is 6.00. The SMILES string of the molecule is CN(C(=O)COC(=O)c1ccc(N2CCCC2)c([N+](=O)[O-])c1)C(C)(C)C#N. The van der Waals surface area contributed by atoms with Crippen LogP contribution < -0.4 is 4.90 Å². The number of nitriles is 1. The second-order valence-corrected chi connectivity index (χ2v) is 6.85. The molecule has 9 nitrogen and oxygen atoms in total. The van der Waals surface area contributed by atoms with E-state index in [1.54, 1.807) is 13.8 Å². The molecule has 0 unspecified atom stereocenters. The van der Waals surface area contributed by atoms with Crippen LogP contribution in [-0.2, 0) is 9.53 Å². The van der Waals surface area contributed by atoms with Crippen molar-refractivity contribution in [1.82, 2.24) is 4.90 Å². The van der Waals surface area contributed by atoms with E-state index in [2.05, 4.69) is 0 Å². The summed E-state index contributed by atoms with van der Waals surface area (Å²) in [5, 5.41) is 20.4. The molecule has 2 rings (SSSR count). The van der Waals surface area contributed by atoms with Crippen LogP contribution >= 0.6 is 0 Å². The Morgan fingerprint density at radius 2 is 2.00 bits per heavy atom. The fourth-order valence-electron chi connectivity index (χ4n) is 2.72. The maximum Gasteiger partial charge on any atom is 0.338 e. The van der Waals surface area contributed by atoms with E-state index in [9.17, 15) is 19.7 Å². The van der Waals surface area contributed by atoms with Crippen LogP contribution in [0.2, 0.25) is 0 Å². The third-order valence-corrected chi connectivity index (χ3v) is 4.67. The van der Waals surface area contributed by atoms with Crippen molar-refractivity contribution >= 4 is 23.3 Å². The van der Waals surface area contributed by atoms with Crippen molar-refractivity contribution in [3.05, 3.63) is 33.9 Å². The summed E-state index contributed by atoms with van der Waals surface area (Å²) in [6.07, 6.45) is 1.94. The van der Waals surface area contributed by atoms with Gasteiger partial charge in [0.15, 0.2) is 6.61 Å². The van der Waals surface area contributed by atoms with Crippen LogP contribution in [0.3, 0.4) is 0 Å². The minimum atomic E-state index is -1.04. The third-order valence-electron chi connectivity index (χ3n) is 4.67. The molecule has 1 heterocycles. The number of carbonyl (C=O) groups excluding carboxylic acids is 2. The molecule has 1 fully saturated rings. The number of amides is 1. The summed E-state index contributed by atoms with van der Waals surface area (Å²) >= 11 is 0. The monoisotopic (exact) mass is 374 g/mol. The lowest BCUT2D eigenvalue weighted by atomic mass is 10.1. The van der Waals surface area contributed by atoms with E-state index in [1.807, 2.05) is 11.0 Å². The zero-order chi connectivity index (χ0) is 20.2. The van der Waals surface area contributed by atoms with Gasteiger partial charge >= 0.3 is 5.97 Å². The van der Waals surface area contributed by atoms with Gasteiger partial charge in [-0.25, -0.2) is 4.79 Å². The molecule has 27 heavy (non-hydrogen) atoms. The standard InChI is InChI=1S/C18H22N4O5/c1-18(2,12-19)20(3)16(23)11-27-17(24)13-6-7-14(15(10-13)22(25)26)21-8-4-5-9-21/h6-7,10H,4-5,8-9,11H2,1-3H3. The molecule has 144 valence electrons. The van der Waals surface area contributed by atoms with E-state index < -0.39 is 28.9 Å². The number of ether oxygens (including phenoxy) is 1. The van der Waals surface area contributed by atoms with Crippen LogP contribution in [0.1, 0.15) is 37.0 Å². The van der Waals surface area contributed by atoms with Gasteiger partial charge in [-0.05, 0) is 38.8 Å². The Morgan fingerprint density at radius 1 is 1.37 bits per heavy atom. The van der Waals surface area contributed by atoms with E-state index in [0.717, 1.165) is 25.9 Å². The Hall–Kier alpha value is -3.15. The molecule has 1 saturated heterocycles. The predicted octanol–water partition coefficient (Wildman–Crippen LogP) is 2.11. The van der Waals surface area contributed by atoms with E-state index >= 15 is 0 Å². The van der Waals surface area contributed by atoms with Gasteiger partial charge in [0.2, 0.25) is 0 Å². The molecule has 1 aromatic carbocycles. The van der Waals surface area contributed by atoms with Crippen molar-refractivity contribution in [3.63, 3.8) is 0 Å². The number of rotatable bonds is 6. The number of benzene rings is 1. The van der Waals surface area contributed by atoms with Crippen molar-refractivity contribution in [2.75, 3.05) is 31.6 Å². The largest absolute Gasteiger partial charge is 0.452 e. The molecule has 1 aliphatic heterocycles. The van der Waals surface area contributed by atoms with Gasteiger partial charge in [-0.3, -0.25) is 14.9 Å². The zero-order valence-corrected chi connectivity index (χ0v) is 15.6. The van der Waals surface area contributed by atoms with E-state index in [0.29, 0.717) is 5.69 Å². The lowest BCUT2D eigenvalue weighted by Crippen LogP contribution is -2.45. The zero-order valence-electron chi connectivity index (χ0n) is 15.6. The highest BCUT2D eigenvalue weighted by Crippen LogP contribution is 2.31. The molecular weight excluding hydrogens is 352 g/mol. The number of nitrogens with zero attached hydrogens (tertiary/aromatic N) is 4. The normalized spacial score (nSPS) is 13.8. The lowest BCUT2D eigenvalue weighted by Gasteiger charge is -2.28. The Balaban J connectivity index is 2.10. The Bertz CT molecular complexity index is 793. The molecule has 1 amide bonds. The summed E-state index contributed by atoms with van der Waals surface area (Å²) in [6, 6.07) is 6.14. The third kappa shape index (κ3) is 4.53. The van der Waals surface area contributed by atoms with Gasteiger partial charge in [0.05, 0.1) is 16.6 Å². The highest BCUT2D eigenvalue weighted by Gasteiger charge is 2.28. The van der Waals surface area contributed by atoms with E-state index in [-0.39, 0.29) is 11.3 Å². The number of hydrogen-bond acceptors (Lipinski definition) is 7. The average molecular weight is 374 g/mol. The predicted molar refractivity (Wildman–Crippen MR) is 97.3 cm³/mol. The first kappa shape index (κ1) is 20.2. The second-order valence-electron chi connectivity index (χ2n) is 6.85. The topological polar surface area (TPSA) is 117 Å². The van der Waals surface area contributed by atoms with Crippen LogP contribution in [0.5, 0.6) is 0 Å². The first-order valence-electron chi connectivity index (χ1n) is 8.56. The maximum absolute atomic E-state index is 12.2. The maximum atomic E-state index is 12.2. The minimum Gasteiger partial charge on any atom is -0.452 e. The first-order valence-corrected chi connectivity index (χ1v) is 8.56. The summed E-state index contributed by atoms with van der Waals surface area (Å²) in [4.78, 5) is 38.2. The number of nitro benzene ring substituents is 1. The van der Waals surface area contributed by atoms with Crippen LogP contribution in [-0.4, -0.2) is 54.0 Å². The van der Waals surface area contributed by atoms with Gasteiger partial charge in [-0.15, -0.1) is 0 Å². The van der Waals surface area contributed by atoms with Crippen molar-refractivity contribution in [3.8, 4) is 6.07 Å². The molecule has 9 heteroatoms. The molecule has 0 bridgehead atoms. The molecule has 0 aliphatic carbocycles. The van der Waals surface area contributed by atoms with Crippen LogP contribution in [0.15, 0.2) is 18.2 Å². The highest BCUT2D eigenvalue weighted by molar-refractivity contribution is 5.93. The number of hydrogen-bond donors (Lipinski definition) is 0. The van der Waals surface area contributed by atoms with Crippen molar-refractivity contribution in [2.45, 2.75) is 32.2 Å². The van der Waals surface area contributed by atoms with Crippen molar-refractivity contribution in [1.29, 1.82) is 5.26 Å². The number of carbonyl (C=O) groups is 2. The van der Waals surface area contributed by atoms with Gasteiger partial charge in [-0.2, -0.15) is 5.26 Å². The summed E-state index contributed by atoms with van der Waals surface area (Å²) in [7, 11) is 1.44. The van der Waals surface area contributed by atoms with Gasteiger partial charge in [0, 0.05) is 26.2 Å². The number of nitro groups is 1. The molecule has 0 spiro atoms. The summed E-state index contributed by atoms with van der Waals surface area (Å²) in [6.45, 7) is 4.04. The molecule has 0 saturated carbocycles. The molecule has 1 aromatic rings. The van der Waals surface area contributed by atoms with Crippen LogP contribution in [0.4, 0.5) is 11.4 Å². The highest BCUT2D eigenvalue weighted by atomic mass is 16.6. The average Bonchev–Trinajstić information content (AvgIpc) is 3.19. The summed E-state index contributed by atoms with van der Waals surface area (Å²) in [5.41, 5.74) is -0.736. The van der Waals surface area contributed by atoms with Gasteiger partial charge < -0.3 is 14.5 Å². The summed E-state index contributed by atoms with van der Waals surface area (Å²) < 4.78 is 4.98. The molecular formula is C18H22N4O5. The quantitative estimate of drug-likeness (QED) is 0.425. The fraction of sp³-hybridized carbons (Fsp3) is 0.500. The van der Waals surface area contributed by atoms with Crippen molar-refractivity contribution < 1.29 is 19.2 Å². The smallest absolute Gasteiger partial charge is 0.338 e. The summed E-state index contributed by atoms with van der Waals surface area (Å²) in [5.74, 6) is -1.37. The van der Waals surface area contributed by atoms with Crippen LogP contribution in [0, 0.1) is 21.4 Å². The van der Waals surface area contributed by atoms with E-state index in [1.165, 1.54) is 30.1 Å². The van der Waals surface area contributed by atoms with Gasteiger partial charge in [0.25, 0.3) is 11.6 Å². The number of esters is 1. The molecule has 1 aliphatic rings. The van der Waals surface area contributed by atoms with E-state index in [4.69, 9.17) is 10.00 Å². The number of likely N-dealkylation sites (N-methyl/N-ethyl adjacent to an activating group) is 1. The van der Waals surface area contributed by atoms with Gasteiger partial charge in [-0.1, -0.05) is 0 Å². The number of anilines is 1. The lowest BCUT2D eigenvalue weighted by molar-refractivity contribution is -0.384. The molecule has 0 N–H and O–H groups in total. The molecule has 0 atom stereocenters. The first-order chi connectivity index (χ1) is 12.7. The fourth-order valence-corrected chi connectivity index (χ4v) is 2.72. The minimum absolute atomic E-state index is 0.000330. The Labute approximate surface area is 157 Å². The van der Waals surface area contributed by atoms with Crippen LogP contribution in [0.25, 0.3) is 0 Å². The molecule has 0 radical (unpaired) electrons. The molecule has 0 aromatic heterocycles. The van der Waals surface area contributed by atoms with Crippen molar-refractivity contribution in [2.24, 2.45) is 0 Å². The second kappa shape index (κ2) is 8.03. The van der Waals surface area contributed by atoms with Gasteiger partial charge in [0.1, 0.15) is 11.2 Å².